The molecule has 0 spiro atoms. The van der Waals surface area contributed by atoms with Gasteiger partial charge in [0.05, 0.1) is 11.7 Å². The second-order valence-electron chi connectivity index (χ2n) is 6.06. The molecule has 1 saturated heterocycles. The van der Waals surface area contributed by atoms with E-state index in [0.717, 1.165) is 30.7 Å². The van der Waals surface area contributed by atoms with Crippen molar-refractivity contribution in [2.24, 2.45) is 11.7 Å². The van der Waals surface area contributed by atoms with Crippen LogP contribution in [-0.2, 0) is 17.4 Å². The van der Waals surface area contributed by atoms with Crippen LogP contribution in [0.15, 0.2) is 24.3 Å². The van der Waals surface area contributed by atoms with Crippen molar-refractivity contribution < 1.29 is 23.1 Å². The zero-order valence-electron chi connectivity index (χ0n) is 12.7. The van der Waals surface area contributed by atoms with Crippen molar-refractivity contribution in [3.8, 4) is 0 Å². The first-order valence-electron chi connectivity index (χ1n) is 7.60. The monoisotopic (exact) mass is 330 g/mol. The van der Waals surface area contributed by atoms with Crippen LogP contribution in [-0.4, -0.2) is 41.7 Å². The number of amides is 1. The average molecular weight is 330 g/mol. The number of β-amino-alcohol motifs (C(OH)–C–C–N with tert-alkyl or cyclic N) is 1. The number of nitrogens with two attached hydrogens (primary N) is 1. The maximum Gasteiger partial charge on any atom is 0.416 e. The van der Waals surface area contributed by atoms with Crippen LogP contribution in [0, 0.1) is 5.92 Å². The first kappa shape index (κ1) is 17.7. The molecule has 4 nitrogen and oxygen atoms in total. The number of rotatable bonds is 6. The SMILES string of the molecule is NC(=O)C[C@@H]1CN(CCCc2ccc(C(F)(F)F)cc2)C[C@H]1O. The zero-order chi connectivity index (χ0) is 17.0. The summed E-state index contributed by atoms with van der Waals surface area (Å²) in [5, 5.41) is 9.88. The van der Waals surface area contributed by atoms with Crippen molar-refractivity contribution in [1.29, 1.82) is 0 Å². The maximum absolute atomic E-state index is 12.5. The van der Waals surface area contributed by atoms with Gasteiger partial charge in [-0.3, -0.25) is 4.79 Å². The van der Waals surface area contributed by atoms with Gasteiger partial charge in [-0.2, -0.15) is 13.2 Å². The van der Waals surface area contributed by atoms with Gasteiger partial charge in [0.25, 0.3) is 0 Å². The highest BCUT2D eigenvalue weighted by Gasteiger charge is 2.32. The summed E-state index contributed by atoms with van der Waals surface area (Å²) in [5.74, 6) is -0.542. The number of aryl methyl sites for hydroxylation is 1. The number of primary amides is 1. The van der Waals surface area contributed by atoms with E-state index < -0.39 is 23.8 Å². The molecule has 0 radical (unpaired) electrons. The predicted molar refractivity (Wildman–Crippen MR) is 79.5 cm³/mol. The van der Waals surface area contributed by atoms with Crippen molar-refractivity contribution in [2.75, 3.05) is 19.6 Å². The second kappa shape index (κ2) is 7.31. The molecule has 2 atom stereocenters. The molecule has 1 amide bonds. The number of carbonyl (C=O) groups excluding carboxylic acids is 1. The molecule has 0 unspecified atom stereocenters. The molecule has 2 rings (SSSR count). The quantitative estimate of drug-likeness (QED) is 0.836. The number of aliphatic hydroxyl groups is 1. The van der Waals surface area contributed by atoms with Gasteiger partial charge < -0.3 is 15.7 Å². The smallest absolute Gasteiger partial charge is 0.391 e. The molecule has 23 heavy (non-hydrogen) atoms. The Kier molecular flexibility index (Phi) is 5.64. The van der Waals surface area contributed by atoms with Gasteiger partial charge in [0, 0.05) is 25.4 Å². The fraction of sp³-hybridized carbons (Fsp3) is 0.562. The van der Waals surface area contributed by atoms with Gasteiger partial charge in [0.2, 0.25) is 5.91 Å². The van der Waals surface area contributed by atoms with Crippen LogP contribution < -0.4 is 5.73 Å². The normalized spacial score (nSPS) is 22.4. The molecule has 1 aliphatic heterocycles. The number of hydrogen-bond donors (Lipinski definition) is 2. The summed E-state index contributed by atoms with van der Waals surface area (Å²) in [6, 6.07) is 5.19. The molecule has 0 bridgehead atoms. The summed E-state index contributed by atoms with van der Waals surface area (Å²) >= 11 is 0. The molecule has 1 fully saturated rings. The van der Waals surface area contributed by atoms with Crippen LogP contribution in [0.25, 0.3) is 0 Å². The molecule has 0 saturated carbocycles. The Morgan fingerprint density at radius 3 is 2.48 bits per heavy atom. The van der Waals surface area contributed by atoms with Crippen molar-refractivity contribution in [2.45, 2.75) is 31.5 Å². The van der Waals surface area contributed by atoms with E-state index in [4.69, 9.17) is 5.73 Å². The standard InChI is InChI=1S/C16H21F3N2O2/c17-16(18,19)13-5-3-11(4-6-13)2-1-7-21-9-12(8-15(20)23)14(22)10-21/h3-6,12,14,22H,1-2,7-10H2,(H2,20,23)/t12-,14-/m1/s1. The molecule has 3 N–H and O–H groups in total. The first-order chi connectivity index (χ1) is 10.8. The minimum atomic E-state index is -4.31. The van der Waals surface area contributed by atoms with Gasteiger partial charge >= 0.3 is 6.18 Å². The molecule has 1 aliphatic rings. The number of benzene rings is 1. The van der Waals surface area contributed by atoms with Crippen LogP contribution in [0.2, 0.25) is 0 Å². The Balaban J connectivity index is 1.76. The summed E-state index contributed by atoms with van der Waals surface area (Å²) in [5.41, 5.74) is 5.36. The first-order valence-corrected chi connectivity index (χ1v) is 7.60. The topological polar surface area (TPSA) is 66.6 Å². The van der Waals surface area contributed by atoms with E-state index in [0.29, 0.717) is 19.5 Å². The van der Waals surface area contributed by atoms with E-state index in [1.807, 2.05) is 0 Å². The minimum Gasteiger partial charge on any atom is -0.391 e. The van der Waals surface area contributed by atoms with Gasteiger partial charge in [0.1, 0.15) is 0 Å². The summed E-state index contributed by atoms with van der Waals surface area (Å²) in [6.07, 6.45) is -3.23. The number of halogens is 3. The van der Waals surface area contributed by atoms with Crippen molar-refractivity contribution in [3.05, 3.63) is 35.4 Å². The van der Waals surface area contributed by atoms with Gasteiger partial charge in [-0.05, 0) is 37.1 Å². The Morgan fingerprint density at radius 1 is 1.26 bits per heavy atom. The summed E-state index contributed by atoms with van der Waals surface area (Å²) in [4.78, 5) is 13.0. The lowest BCUT2D eigenvalue weighted by atomic mass is 10.0. The van der Waals surface area contributed by atoms with E-state index >= 15 is 0 Å². The van der Waals surface area contributed by atoms with Crippen LogP contribution in [0.1, 0.15) is 24.0 Å². The minimum absolute atomic E-state index is 0.126. The Bertz CT molecular complexity index is 531. The van der Waals surface area contributed by atoms with Gasteiger partial charge in [-0.25, -0.2) is 0 Å². The molecule has 0 aliphatic carbocycles. The highest BCUT2D eigenvalue weighted by atomic mass is 19.4. The van der Waals surface area contributed by atoms with Crippen molar-refractivity contribution >= 4 is 5.91 Å². The molecule has 1 aromatic carbocycles. The number of aliphatic hydroxyl groups excluding tert-OH is 1. The van der Waals surface area contributed by atoms with Gasteiger partial charge in [-0.15, -0.1) is 0 Å². The fourth-order valence-corrected chi connectivity index (χ4v) is 2.95. The van der Waals surface area contributed by atoms with E-state index in [-0.39, 0.29) is 12.3 Å². The third-order valence-electron chi connectivity index (χ3n) is 4.17. The van der Waals surface area contributed by atoms with Crippen molar-refractivity contribution in [1.82, 2.24) is 4.90 Å². The molecule has 128 valence electrons. The molecule has 1 heterocycles. The second-order valence-corrected chi connectivity index (χ2v) is 6.06. The Hall–Kier alpha value is -1.60. The van der Waals surface area contributed by atoms with E-state index in [1.165, 1.54) is 12.1 Å². The maximum atomic E-state index is 12.5. The molecule has 7 heteroatoms. The molecule has 1 aromatic rings. The Morgan fingerprint density at radius 2 is 1.91 bits per heavy atom. The lowest BCUT2D eigenvalue weighted by Gasteiger charge is -2.15. The summed E-state index contributed by atoms with van der Waals surface area (Å²) in [7, 11) is 0. The van der Waals surface area contributed by atoms with Crippen LogP contribution in [0.3, 0.4) is 0 Å². The third kappa shape index (κ3) is 5.21. The van der Waals surface area contributed by atoms with Crippen molar-refractivity contribution in [3.63, 3.8) is 0 Å². The number of carbonyl (C=O) groups is 1. The molecule has 0 aromatic heterocycles. The summed E-state index contributed by atoms with van der Waals surface area (Å²) < 4.78 is 37.4. The largest absolute Gasteiger partial charge is 0.416 e. The zero-order valence-corrected chi connectivity index (χ0v) is 12.7. The van der Waals surface area contributed by atoms with E-state index in [9.17, 15) is 23.1 Å². The lowest BCUT2D eigenvalue weighted by molar-refractivity contribution is -0.137. The number of alkyl halides is 3. The van der Waals surface area contributed by atoms with Crippen LogP contribution in [0.5, 0.6) is 0 Å². The lowest BCUT2D eigenvalue weighted by Crippen LogP contribution is -2.24. The average Bonchev–Trinajstić information content (AvgIpc) is 2.78. The number of hydrogen-bond acceptors (Lipinski definition) is 3. The fourth-order valence-electron chi connectivity index (χ4n) is 2.95. The summed E-state index contributed by atoms with van der Waals surface area (Å²) in [6.45, 7) is 1.86. The molecular formula is C16H21F3N2O2. The highest BCUT2D eigenvalue weighted by molar-refractivity contribution is 5.74. The highest BCUT2D eigenvalue weighted by Crippen LogP contribution is 2.29. The van der Waals surface area contributed by atoms with E-state index in [2.05, 4.69) is 4.90 Å². The predicted octanol–water partition coefficient (Wildman–Crippen LogP) is 1.81. The number of likely N-dealkylation sites (tertiary alicyclic amines) is 1. The number of nitrogens with zero attached hydrogens (tertiary/aromatic N) is 1. The molecular weight excluding hydrogens is 309 g/mol. The third-order valence-corrected chi connectivity index (χ3v) is 4.17. The van der Waals surface area contributed by atoms with Crippen LogP contribution >= 0.6 is 0 Å². The van der Waals surface area contributed by atoms with Gasteiger partial charge in [0.15, 0.2) is 0 Å². The Labute approximate surface area is 133 Å². The van der Waals surface area contributed by atoms with Gasteiger partial charge in [-0.1, -0.05) is 12.1 Å². The van der Waals surface area contributed by atoms with E-state index in [1.54, 1.807) is 0 Å². The van der Waals surface area contributed by atoms with Crippen LogP contribution in [0.4, 0.5) is 13.2 Å².